The molecule has 1 heterocycles. The highest BCUT2D eigenvalue weighted by Crippen LogP contribution is 2.23. The molecule has 0 aliphatic carbocycles. The average Bonchev–Trinajstić information content (AvgIpc) is 2.66. The third kappa shape index (κ3) is 4.91. The van der Waals surface area contributed by atoms with Gasteiger partial charge in [-0.2, -0.15) is 0 Å². The summed E-state index contributed by atoms with van der Waals surface area (Å²) in [7, 11) is 0. The molecule has 1 aromatic carbocycles. The summed E-state index contributed by atoms with van der Waals surface area (Å²) in [5.41, 5.74) is 3.73. The van der Waals surface area contributed by atoms with E-state index in [0.717, 1.165) is 29.7 Å². The molecule has 138 valence electrons. The quantitative estimate of drug-likeness (QED) is 0.794. The fourth-order valence-electron chi connectivity index (χ4n) is 2.67. The van der Waals surface area contributed by atoms with Crippen LogP contribution in [0.2, 0.25) is 0 Å². The van der Waals surface area contributed by atoms with Gasteiger partial charge in [0.2, 0.25) is 0 Å². The molecule has 0 radical (unpaired) electrons. The minimum atomic E-state index is -0.267. The van der Waals surface area contributed by atoms with Gasteiger partial charge in [0.15, 0.2) is 0 Å². The lowest BCUT2D eigenvalue weighted by molar-refractivity contribution is 0.0944. The van der Waals surface area contributed by atoms with E-state index in [1.807, 2.05) is 32.0 Å². The number of benzene rings is 1. The molecule has 26 heavy (non-hydrogen) atoms. The van der Waals surface area contributed by atoms with Crippen molar-refractivity contribution in [3.8, 4) is 0 Å². The Kier molecular flexibility index (Phi) is 6.89. The molecule has 0 aliphatic rings. The van der Waals surface area contributed by atoms with Gasteiger partial charge < -0.3 is 10.6 Å². The van der Waals surface area contributed by atoms with Crippen LogP contribution < -0.4 is 10.6 Å². The Morgan fingerprint density at radius 3 is 2.27 bits per heavy atom. The van der Waals surface area contributed by atoms with Gasteiger partial charge in [-0.05, 0) is 42.0 Å². The monoisotopic (exact) mass is 353 g/mol. The van der Waals surface area contributed by atoms with E-state index in [-0.39, 0.29) is 17.5 Å². The number of carbonyl (C=O) groups is 2. The molecule has 2 N–H and O–H groups in total. The Balaban J connectivity index is 2.21. The van der Waals surface area contributed by atoms with Crippen LogP contribution in [-0.4, -0.2) is 23.3 Å². The van der Waals surface area contributed by atoms with Crippen molar-refractivity contribution in [1.82, 2.24) is 10.3 Å². The van der Waals surface area contributed by atoms with Crippen LogP contribution in [0.5, 0.6) is 0 Å². The smallest absolute Gasteiger partial charge is 0.269 e. The minimum absolute atomic E-state index is 0.235. The second-order valence-corrected chi connectivity index (χ2v) is 6.65. The molecule has 5 nitrogen and oxygen atoms in total. The molecule has 0 bridgehead atoms. The lowest BCUT2D eigenvalue weighted by atomic mass is 10.0. The van der Waals surface area contributed by atoms with Crippen molar-refractivity contribution in [3.05, 3.63) is 58.9 Å². The van der Waals surface area contributed by atoms with Crippen LogP contribution in [0.15, 0.2) is 36.5 Å². The Labute approximate surface area is 155 Å². The maximum atomic E-state index is 12.7. The van der Waals surface area contributed by atoms with E-state index in [0.29, 0.717) is 18.0 Å². The van der Waals surface area contributed by atoms with Gasteiger partial charge in [-0.1, -0.05) is 45.9 Å². The van der Waals surface area contributed by atoms with E-state index in [4.69, 9.17) is 0 Å². The highest BCUT2D eigenvalue weighted by Gasteiger charge is 2.14. The van der Waals surface area contributed by atoms with E-state index in [9.17, 15) is 9.59 Å². The Morgan fingerprint density at radius 2 is 1.69 bits per heavy atom. The molecular formula is C21H27N3O2. The van der Waals surface area contributed by atoms with Gasteiger partial charge in [-0.15, -0.1) is 0 Å². The van der Waals surface area contributed by atoms with Crippen LogP contribution >= 0.6 is 0 Å². The SMILES string of the molecule is CCc1cccc(CC)c1NC(=O)c1ccnc(C(=O)NCC(C)C)c1. The van der Waals surface area contributed by atoms with Crippen molar-refractivity contribution in [1.29, 1.82) is 0 Å². The molecule has 0 saturated carbocycles. The first-order valence-electron chi connectivity index (χ1n) is 9.12. The number of anilines is 1. The van der Waals surface area contributed by atoms with Crippen molar-refractivity contribution >= 4 is 17.5 Å². The van der Waals surface area contributed by atoms with E-state index >= 15 is 0 Å². The van der Waals surface area contributed by atoms with Gasteiger partial charge in [-0.25, -0.2) is 0 Å². The molecular weight excluding hydrogens is 326 g/mol. The first kappa shape index (κ1) is 19.6. The number of amides is 2. The highest BCUT2D eigenvalue weighted by atomic mass is 16.2. The molecule has 0 unspecified atom stereocenters. The van der Waals surface area contributed by atoms with Crippen molar-refractivity contribution < 1.29 is 9.59 Å². The normalized spacial score (nSPS) is 10.7. The molecule has 0 atom stereocenters. The summed E-state index contributed by atoms with van der Waals surface area (Å²) in [6.07, 6.45) is 3.16. The minimum Gasteiger partial charge on any atom is -0.350 e. The maximum absolute atomic E-state index is 12.7. The standard InChI is InChI=1S/C21H27N3O2/c1-5-15-8-7-9-16(6-2)19(15)24-20(25)17-10-11-22-18(12-17)21(26)23-13-14(3)4/h7-12,14H,5-6,13H2,1-4H3,(H,23,26)(H,24,25). The molecule has 0 spiro atoms. The molecule has 2 aromatic rings. The van der Waals surface area contributed by atoms with Crippen LogP contribution in [-0.2, 0) is 12.8 Å². The fourth-order valence-corrected chi connectivity index (χ4v) is 2.67. The number of carbonyl (C=O) groups excluding carboxylic acids is 2. The predicted molar refractivity (Wildman–Crippen MR) is 105 cm³/mol. The average molecular weight is 353 g/mol. The maximum Gasteiger partial charge on any atom is 0.269 e. The largest absolute Gasteiger partial charge is 0.350 e. The van der Waals surface area contributed by atoms with Crippen LogP contribution in [0.25, 0.3) is 0 Å². The third-order valence-corrected chi connectivity index (χ3v) is 4.16. The van der Waals surface area contributed by atoms with E-state index in [1.54, 1.807) is 6.07 Å². The second kappa shape index (κ2) is 9.13. The summed E-state index contributed by atoms with van der Waals surface area (Å²) < 4.78 is 0. The second-order valence-electron chi connectivity index (χ2n) is 6.65. The van der Waals surface area contributed by atoms with Crippen LogP contribution in [0.4, 0.5) is 5.69 Å². The number of aromatic nitrogens is 1. The van der Waals surface area contributed by atoms with E-state index < -0.39 is 0 Å². The predicted octanol–water partition coefficient (Wildman–Crippen LogP) is 3.84. The number of para-hydroxylation sites is 1. The lowest BCUT2D eigenvalue weighted by Gasteiger charge is -2.14. The first-order valence-corrected chi connectivity index (χ1v) is 9.12. The van der Waals surface area contributed by atoms with Gasteiger partial charge in [0.25, 0.3) is 11.8 Å². The van der Waals surface area contributed by atoms with Gasteiger partial charge in [-0.3, -0.25) is 14.6 Å². The van der Waals surface area contributed by atoms with Crippen molar-refractivity contribution in [2.45, 2.75) is 40.5 Å². The van der Waals surface area contributed by atoms with Crippen LogP contribution in [0.1, 0.15) is 59.7 Å². The molecule has 1 aromatic heterocycles. The number of nitrogens with one attached hydrogen (secondary N) is 2. The number of hydrogen-bond donors (Lipinski definition) is 2. The lowest BCUT2D eigenvalue weighted by Crippen LogP contribution is -2.28. The highest BCUT2D eigenvalue weighted by molar-refractivity contribution is 6.06. The zero-order valence-corrected chi connectivity index (χ0v) is 15.9. The number of nitrogens with zero attached hydrogens (tertiary/aromatic N) is 1. The number of pyridine rings is 1. The Bertz CT molecular complexity index is 762. The number of rotatable bonds is 7. The summed E-state index contributed by atoms with van der Waals surface area (Å²) >= 11 is 0. The summed E-state index contributed by atoms with van der Waals surface area (Å²) in [6, 6.07) is 9.20. The molecule has 0 saturated heterocycles. The van der Waals surface area contributed by atoms with Crippen molar-refractivity contribution in [2.75, 3.05) is 11.9 Å². The summed E-state index contributed by atoms with van der Waals surface area (Å²) in [4.78, 5) is 29.0. The fraction of sp³-hybridized carbons (Fsp3) is 0.381. The zero-order valence-electron chi connectivity index (χ0n) is 15.9. The van der Waals surface area contributed by atoms with Crippen molar-refractivity contribution in [3.63, 3.8) is 0 Å². The zero-order chi connectivity index (χ0) is 19.1. The van der Waals surface area contributed by atoms with Gasteiger partial charge >= 0.3 is 0 Å². The molecule has 0 fully saturated rings. The molecule has 2 rings (SSSR count). The summed E-state index contributed by atoms with van der Waals surface area (Å²) in [5, 5.41) is 5.83. The van der Waals surface area contributed by atoms with Gasteiger partial charge in [0.1, 0.15) is 5.69 Å². The number of hydrogen-bond acceptors (Lipinski definition) is 3. The van der Waals surface area contributed by atoms with E-state index in [1.165, 1.54) is 12.3 Å². The molecule has 2 amide bonds. The summed E-state index contributed by atoms with van der Waals surface area (Å²) in [6.45, 7) is 8.74. The number of aryl methyl sites for hydroxylation is 2. The van der Waals surface area contributed by atoms with Gasteiger partial charge in [0, 0.05) is 24.0 Å². The summed E-state index contributed by atoms with van der Waals surface area (Å²) in [5.74, 6) is -0.152. The molecule has 5 heteroatoms. The third-order valence-electron chi connectivity index (χ3n) is 4.16. The van der Waals surface area contributed by atoms with Crippen molar-refractivity contribution in [2.24, 2.45) is 5.92 Å². The van der Waals surface area contributed by atoms with Crippen LogP contribution in [0.3, 0.4) is 0 Å². The van der Waals surface area contributed by atoms with Crippen LogP contribution in [0, 0.1) is 5.92 Å². The molecule has 0 aliphatic heterocycles. The first-order chi connectivity index (χ1) is 12.5. The van der Waals surface area contributed by atoms with E-state index in [2.05, 4.69) is 29.5 Å². The topological polar surface area (TPSA) is 71.1 Å². The Hall–Kier alpha value is -2.69. The Morgan fingerprint density at radius 1 is 1.04 bits per heavy atom. The van der Waals surface area contributed by atoms with Gasteiger partial charge in [0.05, 0.1) is 0 Å².